The van der Waals surface area contributed by atoms with Gasteiger partial charge in [0.2, 0.25) is 0 Å². The molecular weight excluding hydrogens is 391 g/mol. The third-order valence-electron chi connectivity index (χ3n) is 3.17. The average molecular weight is 395 g/mol. The Balaban J connectivity index is 2.18. The van der Waals surface area contributed by atoms with E-state index < -0.39 is 11.8 Å². The number of hydrogen-bond donors (Lipinski definition) is 0. The second-order valence-corrected chi connectivity index (χ2v) is 6.43. The number of imide groups is 1. The molecule has 112 valence electrons. The smallest absolute Gasteiger partial charge is 0.267 e. The zero-order chi connectivity index (χ0) is 16.2. The summed E-state index contributed by atoms with van der Waals surface area (Å²) in [5, 5.41) is 0.607. The Hall–Kier alpha value is -0.970. The number of rotatable bonds is 1. The second kappa shape index (κ2) is 5.59. The molecule has 0 fully saturated rings. The lowest BCUT2D eigenvalue weighted by Gasteiger charge is -2.14. The van der Waals surface area contributed by atoms with Crippen LogP contribution in [-0.4, -0.2) is 11.8 Å². The molecule has 0 N–H and O–H groups in total. The molecule has 0 saturated carbocycles. The van der Waals surface area contributed by atoms with Gasteiger partial charge in [0.25, 0.3) is 11.8 Å². The van der Waals surface area contributed by atoms with E-state index in [1.807, 2.05) is 0 Å². The predicted octanol–water partition coefficient (Wildman–Crippen LogP) is 5.75. The van der Waals surface area contributed by atoms with Gasteiger partial charge < -0.3 is 0 Å². The molecule has 0 saturated heterocycles. The van der Waals surface area contributed by atoms with E-state index in [1.54, 1.807) is 0 Å². The highest BCUT2D eigenvalue weighted by molar-refractivity contribution is 6.52. The first kappa shape index (κ1) is 15.9. The molecule has 22 heavy (non-hydrogen) atoms. The van der Waals surface area contributed by atoms with Gasteiger partial charge in [0.05, 0.1) is 41.9 Å². The van der Waals surface area contributed by atoms with Crippen molar-refractivity contribution >= 4 is 75.5 Å². The Morgan fingerprint density at radius 3 is 2.05 bits per heavy atom. The number of fused-ring (bicyclic) bond motifs is 1. The van der Waals surface area contributed by atoms with Crippen LogP contribution in [0.15, 0.2) is 24.3 Å². The Labute approximate surface area is 150 Å². The highest BCUT2D eigenvalue weighted by Gasteiger charge is 2.40. The first-order valence-electron chi connectivity index (χ1n) is 5.84. The summed E-state index contributed by atoms with van der Waals surface area (Å²) in [6, 6.07) is 5.74. The van der Waals surface area contributed by atoms with Crippen molar-refractivity contribution in [2.24, 2.45) is 0 Å². The van der Waals surface area contributed by atoms with E-state index in [9.17, 15) is 9.59 Å². The van der Waals surface area contributed by atoms with Gasteiger partial charge in [-0.25, -0.2) is 4.90 Å². The van der Waals surface area contributed by atoms with Crippen molar-refractivity contribution < 1.29 is 9.59 Å². The molecule has 0 spiro atoms. The molecule has 2 aromatic carbocycles. The van der Waals surface area contributed by atoms with Crippen LogP contribution in [0.2, 0.25) is 25.1 Å². The van der Waals surface area contributed by atoms with Crippen molar-refractivity contribution in [2.75, 3.05) is 4.90 Å². The summed E-state index contributed by atoms with van der Waals surface area (Å²) in [7, 11) is 0. The van der Waals surface area contributed by atoms with Crippen molar-refractivity contribution in [1.29, 1.82) is 0 Å². The van der Waals surface area contributed by atoms with E-state index in [4.69, 9.17) is 58.0 Å². The molecule has 1 aliphatic heterocycles. The average Bonchev–Trinajstić information content (AvgIpc) is 2.71. The standard InChI is InChI=1S/C14H4Cl5NO2/c15-7-2-1-5(3-8(7)16)20-13(21)6-4-9(17)11(18)12(19)10(6)14(20)22/h1-4H. The first-order chi connectivity index (χ1) is 10.3. The summed E-state index contributed by atoms with van der Waals surface area (Å²) in [6.07, 6.45) is 0. The fourth-order valence-electron chi connectivity index (χ4n) is 2.16. The summed E-state index contributed by atoms with van der Waals surface area (Å²) >= 11 is 29.7. The summed E-state index contributed by atoms with van der Waals surface area (Å²) in [5.41, 5.74) is 0.395. The maximum Gasteiger partial charge on any atom is 0.267 e. The molecule has 1 heterocycles. The molecule has 0 unspecified atom stereocenters. The van der Waals surface area contributed by atoms with Crippen LogP contribution in [0.25, 0.3) is 0 Å². The van der Waals surface area contributed by atoms with Crippen molar-refractivity contribution in [3.05, 3.63) is 60.5 Å². The highest BCUT2D eigenvalue weighted by atomic mass is 35.5. The monoisotopic (exact) mass is 393 g/mol. The normalized spacial score (nSPS) is 13.8. The van der Waals surface area contributed by atoms with Gasteiger partial charge >= 0.3 is 0 Å². The lowest BCUT2D eigenvalue weighted by atomic mass is 10.1. The summed E-state index contributed by atoms with van der Waals surface area (Å²) in [6.45, 7) is 0. The zero-order valence-electron chi connectivity index (χ0n) is 10.5. The number of hydrogen-bond acceptors (Lipinski definition) is 2. The Morgan fingerprint density at radius 1 is 0.727 bits per heavy atom. The molecule has 0 aromatic heterocycles. The molecule has 0 aliphatic carbocycles. The fraction of sp³-hybridized carbons (Fsp3) is 0. The maximum absolute atomic E-state index is 12.5. The van der Waals surface area contributed by atoms with E-state index in [-0.39, 0.29) is 36.9 Å². The van der Waals surface area contributed by atoms with Gasteiger partial charge in [-0.1, -0.05) is 58.0 Å². The molecule has 2 amide bonds. The summed E-state index contributed by atoms with van der Waals surface area (Å²) in [5.74, 6) is -1.15. The first-order valence-corrected chi connectivity index (χ1v) is 7.73. The van der Waals surface area contributed by atoms with Crippen LogP contribution >= 0.6 is 58.0 Å². The molecule has 3 rings (SSSR count). The van der Waals surface area contributed by atoms with Gasteiger partial charge in [-0.2, -0.15) is 0 Å². The van der Waals surface area contributed by atoms with Gasteiger partial charge in [0.1, 0.15) is 0 Å². The van der Waals surface area contributed by atoms with Crippen molar-refractivity contribution in [2.45, 2.75) is 0 Å². The third-order valence-corrected chi connectivity index (χ3v) is 5.18. The lowest BCUT2D eigenvalue weighted by Crippen LogP contribution is -2.29. The number of benzene rings is 2. The molecule has 0 bridgehead atoms. The molecule has 2 aromatic rings. The van der Waals surface area contributed by atoms with Crippen LogP contribution in [0.1, 0.15) is 20.7 Å². The summed E-state index contributed by atoms with van der Waals surface area (Å²) in [4.78, 5) is 26.0. The van der Waals surface area contributed by atoms with E-state index in [2.05, 4.69) is 0 Å². The van der Waals surface area contributed by atoms with Gasteiger partial charge in [-0.15, -0.1) is 0 Å². The lowest BCUT2D eigenvalue weighted by molar-refractivity contribution is 0.0926. The Bertz CT molecular complexity index is 850. The van der Waals surface area contributed by atoms with Crippen LogP contribution in [0.5, 0.6) is 0 Å². The number of nitrogens with zero attached hydrogens (tertiary/aromatic N) is 1. The predicted molar refractivity (Wildman–Crippen MR) is 89.1 cm³/mol. The maximum atomic E-state index is 12.5. The van der Waals surface area contributed by atoms with Gasteiger partial charge in [-0.3, -0.25) is 9.59 Å². The Morgan fingerprint density at radius 2 is 1.41 bits per heavy atom. The molecule has 0 radical (unpaired) electrons. The van der Waals surface area contributed by atoms with E-state index >= 15 is 0 Å². The van der Waals surface area contributed by atoms with Gasteiger partial charge in [0, 0.05) is 0 Å². The van der Waals surface area contributed by atoms with E-state index in [0.29, 0.717) is 5.02 Å². The van der Waals surface area contributed by atoms with Gasteiger partial charge in [0.15, 0.2) is 0 Å². The topological polar surface area (TPSA) is 37.4 Å². The molecular formula is C14H4Cl5NO2. The number of carbonyl (C=O) groups is 2. The van der Waals surface area contributed by atoms with E-state index in [1.165, 1.54) is 24.3 Å². The number of amides is 2. The largest absolute Gasteiger partial charge is 0.268 e. The summed E-state index contributed by atoms with van der Waals surface area (Å²) < 4.78 is 0. The molecule has 8 heteroatoms. The van der Waals surface area contributed by atoms with E-state index in [0.717, 1.165) is 4.90 Å². The zero-order valence-corrected chi connectivity index (χ0v) is 14.2. The van der Waals surface area contributed by atoms with Crippen LogP contribution in [0.3, 0.4) is 0 Å². The molecule has 1 aliphatic rings. The fourth-order valence-corrected chi connectivity index (χ4v) is 3.13. The SMILES string of the molecule is O=C1c2cc(Cl)c(Cl)c(Cl)c2C(=O)N1c1ccc(Cl)c(Cl)c1. The highest BCUT2D eigenvalue weighted by Crippen LogP contribution is 2.41. The number of anilines is 1. The van der Waals surface area contributed by atoms with Crippen LogP contribution < -0.4 is 4.90 Å². The minimum absolute atomic E-state index is 0.0205. The van der Waals surface area contributed by atoms with Crippen molar-refractivity contribution in [3.8, 4) is 0 Å². The number of carbonyl (C=O) groups excluding carboxylic acids is 2. The van der Waals surface area contributed by atoms with Crippen molar-refractivity contribution in [1.82, 2.24) is 0 Å². The Kier molecular flexibility index (Phi) is 4.04. The van der Waals surface area contributed by atoms with Crippen molar-refractivity contribution in [3.63, 3.8) is 0 Å². The van der Waals surface area contributed by atoms with Crippen LogP contribution in [-0.2, 0) is 0 Å². The second-order valence-electron chi connectivity index (χ2n) is 4.45. The van der Waals surface area contributed by atoms with Crippen LogP contribution in [0.4, 0.5) is 5.69 Å². The quantitative estimate of drug-likeness (QED) is 0.455. The minimum atomic E-state index is -0.595. The number of halogens is 5. The van der Waals surface area contributed by atoms with Crippen LogP contribution in [0, 0.1) is 0 Å². The third kappa shape index (κ3) is 2.29. The van der Waals surface area contributed by atoms with Gasteiger partial charge in [-0.05, 0) is 24.3 Å². The molecule has 3 nitrogen and oxygen atoms in total. The minimum Gasteiger partial charge on any atom is -0.268 e. The molecule has 0 atom stereocenters.